The molecule has 0 fully saturated rings. The molecule has 0 bridgehead atoms. The third kappa shape index (κ3) is 1.60. The average molecular weight is 163 g/mol. The molecule has 1 N–H and O–H groups in total. The molecule has 65 valence electrons. The van der Waals surface area contributed by atoms with Crippen LogP contribution in [0.15, 0.2) is 12.1 Å². The third-order valence-corrected chi connectivity index (χ3v) is 1.97. The minimum atomic E-state index is 0.00391. The zero-order valence-corrected chi connectivity index (χ0v) is 8.10. The maximum atomic E-state index is 9.70. The van der Waals surface area contributed by atoms with Crippen molar-refractivity contribution < 1.29 is 5.11 Å². The minimum absolute atomic E-state index is 0.00391. The zero-order valence-electron chi connectivity index (χ0n) is 8.10. The third-order valence-electron chi connectivity index (χ3n) is 1.97. The molecule has 1 rings (SSSR count). The molecule has 1 heteroatoms. The van der Waals surface area contributed by atoms with Crippen LogP contribution < -0.4 is 0 Å². The Labute approximate surface area is 74.1 Å². The van der Waals surface area contributed by atoms with E-state index in [1.807, 2.05) is 19.1 Å². The fraction of sp³-hybridized carbons (Fsp3) is 0.455. The number of phenols is 1. The van der Waals surface area contributed by atoms with Gasteiger partial charge in [-0.3, -0.25) is 0 Å². The lowest BCUT2D eigenvalue weighted by molar-refractivity contribution is 0.442. The van der Waals surface area contributed by atoms with Crippen molar-refractivity contribution in [2.24, 2.45) is 0 Å². The van der Waals surface area contributed by atoms with Gasteiger partial charge in [-0.25, -0.2) is 0 Å². The number of aromatic hydroxyl groups is 1. The fourth-order valence-electron chi connectivity index (χ4n) is 1.20. The monoisotopic (exact) mass is 163 g/mol. The summed E-state index contributed by atoms with van der Waals surface area (Å²) in [5, 5.41) is 9.70. The number of hydrogen-bond acceptors (Lipinski definition) is 1. The fourth-order valence-corrected chi connectivity index (χ4v) is 1.20. The topological polar surface area (TPSA) is 20.2 Å². The summed E-state index contributed by atoms with van der Waals surface area (Å²) >= 11 is 0. The Morgan fingerprint density at radius 1 is 1.33 bits per heavy atom. The molecular weight excluding hydrogens is 148 g/mol. The molecule has 1 nitrogen and oxygen atoms in total. The van der Waals surface area contributed by atoms with Crippen LogP contribution in [0.2, 0.25) is 0 Å². The first-order valence-corrected chi connectivity index (χ1v) is 4.13. The van der Waals surface area contributed by atoms with Gasteiger partial charge < -0.3 is 5.11 Å². The molecule has 12 heavy (non-hydrogen) atoms. The van der Waals surface area contributed by atoms with Crippen LogP contribution in [0, 0.1) is 13.0 Å². The molecule has 1 aromatic carbocycles. The number of phenolic OH excluding ortho intramolecular Hbond substituents is 1. The quantitative estimate of drug-likeness (QED) is 0.623. The summed E-state index contributed by atoms with van der Waals surface area (Å²) in [5.41, 5.74) is 1.81. The van der Waals surface area contributed by atoms with Gasteiger partial charge in [-0.15, -0.1) is 0 Å². The van der Waals surface area contributed by atoms with Gasteiger partial charge in [-0.05, 0) is 29.5 Å². The molecule has 0 aliphatic rings. The highest BCUT2D eigenvalue weighted by Gasteiger charge is 2.18. The maximum Gasteiger partial charge on any atom is 0.122 e. The predicted molar refractivity (Wildman–Crippen MR) is 50.4 cm³/mol. The molecule has 0 unspecified atom stereocenters. The second kappa shape index (κ2) is 2.81. The van der Waals surface area contributed by atoms with E-state index in [9.17, 15) is 5.11 Å². The summed E-state index contributed by atoms with van der Waals surface area (Å²) in [6.45, 7) is 8.12. The standard InChI is InChI=1S/C11H15O/c1-8-6-5-7-9(10(8)12)11(2,3)4/h5,7,12H,1-4H3. The first-order chi connectivity index (χ1) is 5.43. The van der Waals surface area contributed by atoms with Crippen molar-refractivity contribution in [1.29, 1.82) is 0 Å². The van der Waals surface area contributed by atoms with Gasteiger partial charge in [0.25, 0.3) is 0 Å². The van der Waals surface area contributed by atoms with Crippen LogP contribution in [0.4, 0.5) is 0 Å². The molecule has 0 atom stereocenters. The maximum absolute atomic E-state index is 9.70. The van der Waals surface area contributed by atoms with Crippen LogP contribution in [-0.2, 0) is 5.41 Å². The summed E-state index contributed by atoms with van der Waals surface area (Å²) in [7, 11) is 0. The minimum Gasteiger partial charge on any atom is -0.507 e. The van der Waals surface area contributed by atoms with Crippen molar-refractivity contribution >= 4 is 0 Å². The van der Waals surface area contributed by atoms with Gasteiger partial charge >= 0.3 is 0 Å². The van der Waals surface area contributed by atoms with E-state index in [4.69, 9.17) is 0 Å². The van der Waals surface area contributed by atoms with Crippen molar-refractivity contribution in [2.75, 3.05) is 0 Å². The van der Waals surface area contributed by atoms with E-state index in [-0.39, 0.29) is 5.41 Å². The second-order valence-corrected chi connectivity index (χ2v) is 4.11. The van der Waals surface area contributed by atoms with E-state index >= 15 is 0 Å². The largest absolute Gasteiger partial charge is 0.507 e. The summed E-state index contributed by atoms with van der Waals surface area (Å²) < 4.78 is 0. The van der Waals surface area contributed by atoms with Crippen LogP contribution in [0.3, 0.4) is 0 Å². The van der Waals surface area contributed by atoms with E-state index in [1.165, 1.54) is 0 Å². The molecule has 1 aromatic rings. The Bertz CT molecular complexity index is 282. The smallest absolute Gasteiger partial charge is 0.122 e. The van der Waals surface area contributed by atoms with E-state index in [2.05, 4.69) is 26.8 Å². The molecule has 0 aliphatic heterocycles. The van der Waals surface area contributed by atoms with Gasteiger partial charge in [0.15, 0.2) is 0 Å². The first-order valence-electron chi connectivity index (χ1n) is 4.13. The summed E-state index contributed by atoms with van der Waals surface area (Å²) in [4.78, 5) is 0. The lowest BCUT2D eigenvalue weighted by atomic mass is 9.85. The lowest BCUT2D eigenvalue weighted by Crippen LogP contribution is -2.11. The van der Waals surface area contributed by atoms with Crippen molar-refractivity contribution in [3.63, 3.8) is 0 Å². The Morgan fingerprint density at radius 3 is 2.33 bits per heavy atom. The molecule has 0 saturated carbocycles. The van der Waals surface area contributed by atoms with Gasteiger partial charge in [0, 0.05) is 0 Å². The van der Waals surface area contributed by atoms with Crippen molar-refractivity contribution in [3.05, 3.63) is 29.3 Å². The van der Waals surface area contributed by atoms with Gasteiger partial charge in [0.05, 0.1) is 0 Å². The highest BCUT2D eigenvalue weighted by molar-refractivity contribution is 5.42. The Kier molecular flexibility index (Phi) is 2.14. The van der Waals surface area contributed by atoms with E-state index in [1.54, 1.807) is 0 Å². The lowest BCUT2D eigenvalue weighted by Gasteiger charge is -2.20. The number of benzene rings is 1. The van der Waals surface area contributed by atoms with Gasteiger partial charge in [0.2, 0.25) is 0 Å². The van der Waals surface area contributed by atoms with Gasteiger partial charge in [-0.2, -0.15) is 0 Å². The molecule has 0 heterocycles. The van der Waals surface area contributed by atoms with Crippen molar-refractivity contribution in [2.45, 2.75) is 33.1 Å². The van der Waals surface area contributed by atoms with Crippen molar-refractivity contribution in [3.8, 4) is 5.75 Å². The summed E-state index contributed by atoms with van der Waals surface area (Å²) in [6, 6.07) is 6.74. The Hall–Kier alpha value is -0.980. The molecule has 0 aromatic heterocycles. The number of aryl methyl sites for hydroxylation is 1. The normalized spacial score (nSPS) is 11.7. The highest BCUT2D eigenvalue weighted by Crippen LogP contribution is 2.31. The van der Waals surface area contributed by atoms with Crippen LogP contribution >= 0.6 is 0 Å². The molecule has 0 spiro atoms. The van der Waals surface area contributed by atoms with E-state index < -0.39 is 0 Å². The van der Waals surface area contributed by atoms with Gasteiger partial charge in [-0.1, -0.05) is 32.9 Å². The molecular formula is C11H15O. The molecule has 1 radical (unpaired) electrons. The van der Waals surface area contributed by atoms with Gasteiger partial charge in [0.1, 0.15) is 5.75 Å². The number of rotatable bonds is 0. The van der Waals surface area contributed by atoms with Crippen molar-refractivity contribution in [1.82, 2.24) is 0 Å². The molecule has 0 saturated heterocycles. The summed E-state index contributed by atoms with van der Waals surface area (Å²) in [5.74, 6) is 0.380. The highest BCUT2D eigenvalue weighted by atomic mass is 16.3. The van der Waals surface area contributed by atoms with Crippen LogP contribution in [-0.4, -0.2) is 5.11 Å². The van der Waals surface area contributed by atoms with Crippen LogP contribution in [0.1, 0.15) is 31.9 Å². The molecule has 0 amide bonds. The Morgan fingerprint density at radius 2 is 1.92 bits per heavy atom. The van der Waals surface area contributed by atoms with Crippen LogP contribution in [0.25, 0.3) is 0 Å². The van der Waals surface area contributed by atoms with E-state index in [0.29, 0.717) is 5.75 Å². The first kappa shape index (κ1) is 9.11. The van der Waals surface area contributed by atoms with E-state index in [0.717, 1.165) is 11.1 Å². The molecule has 0 aliphatic carbocycles. The van der Waals surface area contributed by atoms with Crippen LogP contribution in [0.5, 0.6) is 5.75 Å². The number of hydrogen-bond donors (Lipinski definition) is 1. The summed E-state index contributed by atoms with van der Waals surface area (Å²) in [6.07, 6.45) is 0. The Balaban J connectivity index is 3.26. The predicted octanol–water partition coefficient (Wildman–Crippen LogP) is 2.80. The zero-order chi connectivity index (χ0) is 9.35. The SMILES string of the molecule is Cc1[c]ccc(C(C)(C)C)c1O. The second-order valence-electron chi connectivity index (χ2n) is 4.11. The average Bonchev–Trinajstić information content (AvgIpc) is 1.92.